The molecule has 0 amide bonds. The van der Waals surface area contributed by atoms with Crippen LogP contribution in [0.4, 0.5) is 0 Å². The van der Waals surface area contributed by atoms with Crippen LogP contribution >= 0.6 is 0 Å². The van der Waals surface area contributed by atoms with Crippen LogP contribution < -0.4 is 5.32 Å². The number of rotatable bonds is 1. The van der Waals surface area contributed by atoms with Crippen LogP contribution in [0.5, 0.6) is 0 Å². The molecule has 1 aromatic carbocycles. The minimum absolute atomic E-state index is 0.433. The molecule has 1 N–H and O–H groups in total. The fourth-order valence-electron chi connectivity index (χ4n) is 3.30. The fraction of sp³-hybridized carbons (Fsp3) is 0.357. The Morgan fingerprint density at radius 3 is 3.06 bits per heavy atom. The topological polar surface area (TPSA) is 24.9 Å². The SMILES string of the molecule is c1cc([C@@]23CNC[C@H]2C3)c2cccnc2c1. The van der Waals surface area contributed by atoms with Gasteiger partial charge in [-0.25, -0.2) is 0 Å². The second kappa shape index (κ2) is 2.83. The molecular formula is C14H14N2. The van der Waals surface area contributed by atoms with Gasteiger partial charge in [0.2, 0.25) is 0 Å². The predicted molar refractivity (Wildman–Crippen MR) is 64.4 cm³/mol. The lowest BCUT2D eigenvalue weighted by Gasteiger charge is -2.14. The third-order valence-electron chi connectivity index (χ3n) is 4.25. The summed E-state index contributed by atoms with van der Waals surface area (Å²) in [4.78, 5) is 4.44. The lowest BCUT2D eigenvalue weighted by molar-refractivity contribution is 0.680. The minimum atomic E-state index is 0.433. The number of piperidine rings is 1. The van der Waals surface area contributed by atoms with Gasteiger partial charge in [0.15, 0.2) is 0 Å². The maximum Gasteiger partial charge on any atom is 0.0704 e. The Hall–Kier alpha value is -1.41. The zero-order valence-electron chi connectivity index (χ0n) is 9.11. The van der Waals surface area contributed by atoms with E-state index in [-0.39, 0.29) is 0 Å². The summed E-state index contributed by atoms with van der Waals surface area (Å²) in [6.45, 7) is 2.34. The van der Waals surface area contributed by atoms with Crippen molar-refractivity contribution in [1.82, 2.24) is 10.3 Å². The minimum Gasteiger partial charge on any atom is -0.316 e. The molecule has 1 aliphatic heterocycles. The second-order valence-electron chi connectivity index (χ2n) is 5.06. The highest BCUT2D eigenvalue weighted by atomic mass is 15.0. The largest absolute Gasteiger partial charge is 0.316 e. The fourth-order valence-corrected chi connectivity index (χ4v) is 3.30. The van der Waals surface area contributed by atoms with E-state index in [0.717, 1.165) is 18.0 Å². The van der Waals surface area contributed by atoms with Crippen molar-refractivity contribution in [2.24, 2.45) is 5.92 Å². The van der Waals surface area contributed by atoms with Crippen LogP contribution in [0.3, 0.4) is 0 Å². The third-order valence-corrected chi connectivity index (χ3v) is 4.25. The number of nitrogens with zero attached hydrogens (tertiary/aromatic N) is 1. The highest BCUT2D eigenvalue weighted by Crippen LogP contribution is 2.57. The molecule has 1 aliphatic carbocycles. The van der Waals surface area contributed by atoms with E-state index >= 15 is 0 Å². The molecule has 80 valence electrons. The van der Waals surface area contributed by atoms with Gasteiger partial charge < -0.3 is 5.32 Å². The molecule has 2 aromatic rings. The molecule has 2 fully saturated rings. The molecule has 2 nitrogen and oxygen atoms in total. The molecule has 0 radical (unpaired) electrons. The summed E-state index contributed by atoms with van der Waals surface area (Å²) in [7, 11) is 0. The number of aromatic nitrogens is 1. The molecule has 2 heterocycles. The van der Waals surface area contributed by atoms with Crippen LogP contribution in [0.15, 0.2) is 36.5 Å². The molecule has 1 saturated carbocycles. The number of hydrogen-bond acceptors (Lipinski definition) is 2. The normalized spacial score (nSPS) is 31.6. The number of pyridine rings is 1. The quantitative estimate of drug-likeness (QED) is 0.779. The van der Waals surface area contributed by atoms with Gasteiger partial charge in [-0.3, -0.25) is 4.98 Å². The van der Waals surface area contributed by atoms with Crippen molar-refractivity contribution in [2.75, 3.05) is 13.1 Å². The second-order valence-corrected chi connectivity index (χ2v) is 5.06. The van der Waals surface area contributed by atoms with Crippen molar-refractivity contribution in [1.29, 1.82) is 0 Å². The lowest BCUT2D eigenvalue weighted by atomic mass is 9.91. The highest BCUT2D eigenvalue weighted by Gasteiger charge is 2.58. The summed E-state index contributed by atoms with van der Waals surface area (Å²) < 4.78 is 0. The van der Waals surface area contributed by atoms with Crippen LogP contribution in [0.25, 0.3) is 10.9 Å². The van der Waals surface area contributed by atoms with Crippen LogP contribution in [0.1, 0.15) is 12.0 Å². The van der Waals surface area contributed by atoms with Crippen LogP contribution in [0.2, 0.25) is 0 Å². The molecule has 2 aliphatic rings. The Bertz CT molecular complexity index is 558. The maximum atomic E-state index is 4.44. The summed E-state index contributed by atoms with van der Waals surface area (Å²) in [5.41, 5.74) is 3.07. The smallest absolute Gasteiger partial charge is 0.0704 e. The van der Waals surface area contributed by atoms with Crippen molar-refractivity contribution >= 4 is 10.9 Å². The van der Waals surface area contributed by atoms with Gasteiger partial charge in [-0.1, -0.05) is 18.2 Å². The third kappa shape index (κ3) is 0.978. The average Bonchev–Trinajstić information content (AvgIpc) is 2.91. The number of benzene rings is 1. The molecule has 0 unspecified atom stereocenters. The first-order chi connectivity index (χ1) is 7.90. The summed E-state index contributed by atoms with van der Waals surface area (Å²) >= 11 is 0. The van der Waals surface area contributed by atoms with E-state index in [1.54, 1.807) is 0 Å². The van der Waals surface area contributed by atoms with Gasteiger partial charge in [0.1, 0.15) is 0 Å². The standard InChI is InChI=1S/C14H14N2/c1-4-12(14-7-10(14)8-15-9-14)11-3-2-6-16-13(11)5-1/h1-6,10,15H,7-9H2/t10-,14+/m1/s1. The Labute approximate surface area is 94.7 Å². The zero-order chi connectivity index (χ0) is 10.6. The summed E-state index contributed by atoms with van der Waals surface area (Å²) in [6, 6.07) is 10.8. The number of nitrogens with one attached hydrogen (secondary N) is 1. The van der Waals surface area contributed by atoms with E-state index in [9.17, 15) is 0 Å². The first kappa shape index (κ1) is 8.71. The number of hydrogen-bond donors (Lipinski definition) is 1. The molecule has 0 spiro atoms. The summed E-state index contributed by atoms with van der Waals surface area (Å²) in [5.74, 6) is 0.860. The first-order valence-electron chi connectivity index (χ1n) is 5.95. The van der Waals surface area contributed by atoms with Crippen molar-refractivity contribution in [3.8, 4) is 0 Å². The Kier molecular flexibility index (Phi) is 1.54. The Morgan fingerprint density at radius 1 is 1.25 bits per heavy atom. The van der Waals surface area contributed by atoms with Gasteiger partial charge in [-0.2, -0.15) is 0 Å². The maximum absolute atomic E-state index is 4.44. The Morgan fingerprint density at radius 2 is 2.25 bits per heavy atom. The Balaban J connectivity index is 1.98. The van der Waals surface area contributed by atoms with Crippen LogP contribution in [-0.2, 0) is 5.41 Å². The van der Waals surface area contributed by atoms with Crippen LogP contribution in [-0.4, -0.2) is 18.1 Å². The van der Waals surface area contributed by atoms with E-state index < -0.39 is 0 Å². The summed E-state index contributed by atoms with van der Waals surface area (Å²) in [5, 5.41) is 4.85. The van der Waals surface area contributed by atoms with Gasteiger partial charge in [0, 0.05) is 23.5 Å². The molecule has 2 heteroatoms. The van der Waals surface area contributed by atoms with E-state index in [1.165, 1.54) is 23.9 Å². The predicted octanol–water partition coefficient (Wildman–Crippen LogP) is 2.10. The molecular weight excluding hydrogens is 196 g/mol. The van der Waals surface area contributed by atoms with E-state index in [1.807, 2.05) is 12.3 Å². The van der Waals surface area contributed by atoms with Crippen LogP contribution in [0, 0.1) is 5.92 Å². The molecule has 1 aromatic heterocycles. The van der Waals surface area contributed by atoms with Crippen molar-refractivity contribution in [2.45, 2.75) is 11.8 Å². The van der Waals surface area contributed by atoms with Crippen molar-refractivity contribution in [3.05, 3.63) is 42.1 Å². The first-order valence-corrected chi connectivity index (χ1v) is 5.95. The summed E-state index contributed by atoms with van der Waals surface area (Å²) in [6.07, 6.45) is 3.23. The van der Waals surface area contributed by atoms with Gasteiger partial charge in [0.25, 0.3) is 0 Å². The average molecular weight is 210 g/mol. The van der Waals surface area contributed by atoms with Crippen molar-refractivity contribution < 1.29 is 0 Å². The van der Waals surface area contributed by atoms with Crippen molar-refractivity contribution in [3.63, 3.8) is 0 Å². The van der Waals surface area contributed by atoms with E-state index in [2.05, 4.69) is 34.6 Å². The van der Waals surface area contributed by atoms with Gasteiger partial charge >= 0.3 is 0 Å². The zero-order valence-corrected chi connectivity index (χ0v) is 9.11. The lowest BCUT2D eigenvalue weighted by Crippen LogP contribution is -2.19. The number of fused-ring (bicyclic) bond motifs is 2. The van der Waals surface area contributed by atoms with E-state index in [0.29, 0.717) is 5.41 Å². The van der Waals surface area contributed by atoms with Gasteiger partial charge in [-0.15, -0.1) is 0 Å². The van der Waals surface area contributed by atoms with Gasteiger partial charge in [0.05, 0.1) is 5.52 Å². The molecule has 4 rings (SSSR count). The highest BCUT2D eigenvalue weighted by molar-refractivity contribution is 5.84. The van der Waals surface area contributed by atoms with E-state index in [4.69, 9.17) is 0 Å². The molecule has 16 heavy (non-hydrogen) atoms. The molecule has 0 bridgehead atoms. The molecule has 1 saturated heterocycles. The molecule has 2 atom stereocenters. The van der Waals surface area contributed by atoms with Gasteiger partial charge in [-0.05, 0) is 36.6 Å². The monoisotopic (exact) mass is 210 g/mol.